The van der Waals surface area contributed by atoms with E-state index in [1.807, 2.05) is 0 Å². The van der Waals surface area contributed by atoms with Crippen LogP contribution in [0, 0.1) is 11.8 Å². The van der Waals surface area contributed by atoms with E-state index in [0.717, 1.165) is 32.1 Å². The zero-order valence-corrected chi connectivity index (χ0v) is 15.7. The molecule has 0 aromatic carbocycles. The normalized spacial score (nSPS) is 20.6. The van der Waals surface area contributed by atoms with Crippen LogP contribution in [0.25, 0.3) is 0 Å². The Bertz CT molecular complexity index is 354. The molecule has 0 bridgehead atoms. The summed E-state index contributed by atoms with van der Waals surface area (Å²) in [4.78, 5) is 23.7. The summed E-state index contributed by atoms with van der Waals surface area (Å²) in [5.41, 5.74) is 0. The summed E-state index contributed by atoms with van der Waals surface area (Å²) in [6.45, 7) is 2.76. The Labute approximate surface area is 147 Å². The molecule has 140 valence electrons. The summed E-state index contributed by atoms with van der Waals surface area (Å²) in [7, 11) is 1.41. The number of rotatable bonds is 12. The zero-order chi connectivity index (χ0) is 17.6. The van der Waals surface area contributed by atoms with Gasteiger partial charge in [-0.2, -0.15) is 0 Å². The molecular formula is C20H36O4. The molecule has 0 saturated heterocycles. The van der Waals surface area contributed by atoms with Gasteiger partial charge in [-0.05, 0) is 25.7 Å². The topological polar surface area (TPSA) is 52.6 Å². The summed E-state index contributed by atoms with van der Waals surface area (Å²) >= 11 is 0. The fourth-order valence-corrected chi connectivity index (χ4v) is 3.49. The van der Waals surface area contributed by atoms with Crippen molar-refractivity contribution in [1.29, 1.82) is 0 Å². The first kappa shape index (κ1) is 21.0. The highest BCUT2D eigenvalue weighted by Crippen LogP contribution is 2.30. The third-order valence-corrected chi connectivity index (χ3v) is 5.03. The van der Waals surface area contributed by atoms with Crippen molar-refractivity contribution in [1.82, 2.24) is 0 Å². The molecule has 0 aliphatic heterocycles. The predicted octanol–water partition coefficient (Wildman–Crippen LogP) is 5.04. The Kier molecular flexibility index (Phi) is 11.6. The minimum absolute atomic E-state index is 0.122. The van der Waals surface area contributed by atoms with E-state index >= 15 is 0 Å². The lowest BCUT2D eigenvalue weighted by Gasteiger charge is -2.25. The smallest absolute Gasteiger partial charge is 0.308 e. The van der Waals surface area contributed by atoms with Crippen molar-refractivity contribution in [2.24, 2.45) is 11.8 Å². The van der Waals surface area contributed by atoms with Crippen LogP contribution in [0.3, 0.4) is 0 Å². The van der Waals surface area contributed by atoms with Gasteiger partial charge in [-0.25, -0.2) is 0 Å². The van der Waals surface area contributed by atoms with Gasteiger partial charge < -0.3 is 9.47 Å². The average molecular weight is 341 g/mol. The van der Waals surface area contributed by atoms with Gasteiger partial charge in [-0.1, -0.05) is 64.7 Å². The van der Waals surface area contributed by atoms with Gasteiger partial charge in [-0.15, -0.1) is 0 Å². The van der Waals surface area contributed by atoms with E-state index in [4.69, 9.17) is 9.47 Å². The van der Waals surface area contributed by atoms with Crippen LogP contribution < -0.4 is 0 Å². The van der Waals surface area contributed by atoms with Gasteiger partial charge in [0.2, 0.25) is 0 Å². The van der Waals surface area contributed by atoms with E-state index in [1.165, 1.54) is 52.1 Å². The maximum atomic E-state index is 12.1. The van der Waals surface area contributed by atoms with Crippen molar-refractivity contribution in [2.75, 3.05) is 13.7 Å². The van der Waals surface area contributed by atoms with Gasteiger partial charge in [0.1, 0.15) is 0 Å². The lowest BCUT2D eigenvalue weighted by atomic mass is 9.81. The number of hydrogen-bond acceptors (Lipinski definition) is 4. The summed E-state index contributed by atoms with van der Waals surface area (Å²) in [6, 6.07) is 0. The van der Waals surface area contributed by atoms with Gasteiger partial charge in [0.25, 0.3) is 0 Å². The Balaban J connectivity index is 2.02. The molecule has 1 rings (SSSR count). The fraction of sp³-hybridized carbons (Fsp3) is 0.900. The molecule has 0 spiro atoms. The Morgan fingerprint density at radius 1 is 0.833 bits per heavy atom. The van der Waals surface area contributed by atoms with E-state index in [0.29, 0.717) is 13.0 Å². The first-order valence-electron chi connectivity index (χ1n) is 9.93. The number of ether oxygens (including phenoxy) is 2. The molecule has 0 amide bonds. The molecule has 0 aromatic heterocycles. The number of carbonyl (C=O) groups excluding carboxylic acids is 2. The van der Waals surface area contributed by atoms with Crippen molar-refractivity contribution in [3.05, 3.63) is 0 Å². The second-order valence-corrected chi connectivity index (χ2v) is 7.08. The third kappa shape index (κ3) is 8.70. The molecule has 4 heteroatoms. The van der Waals surface area contributed by atoms with Crippen LogP contribution in [0.4, 0.5) is 0 Å². The number of esters is 2. The SMILES string of the molecule is CCCCCCCCCCCOC(=O)C1CCCC(C(=O)OC)C1. The van der Waals surface area contributed by atoms with Crippen LogP contribution in [0.15, 0.2) is 0 Å². The van der Waals surface area contributed by atoms with E-state index < -0.39 is 0 Å². The highest BCUT2D eigenvalue weighted by Gasteiger charge is 2.32. The Hall–Kier alpha value is -1.06. The predicted molar refractivity (Wildman–Crippen MR) is 95.7 cm³/mol. The molecule has 2 unspecified atom stereocenters. The monoisotopic (exact) mass is 340 g/mol. The molecular weight excluding hydrogens is 304 g/mol. The van der Waals surface area contributed by atoms with Crippen molar-refractivity contribution in [3.63, 3.8) is 0 Å². The van der Waals surface area contributed by atoms with Gasteiger partial charge in [0, 0.05) is 0 Å². The highest BCUT2D eigenvalue weighted by molar-refractivity contribution is 5.76. The zero-order valence-electron chi connectivity index (χ0n) is 15.7. The first-order valence-corrected chi connectivity index (χ1v) is 9.93. The number of carbonyl (C=O) groups is 2. The quantitative estimate of drug-likeness (QED) is 0.369. The molecule has 0 N–H and O–H groups in total. The summed E-state index contributed by atoms with van der Waals surface area (Å²) in [6.07, 6.45) is 14.5. The molecule has 4 nitrogen and oxygen atoms in total. The second kappa shape index (κ2) is 13.3. The minimum Gasteiger partial charge on any atom is -0.469 e. The third-order valence-electron chi connectivity index (χ3n) is 5.03. The summed E-state index contributed by atoms with van der Waals surface area (Å²) < 4.78 is 10.2. The van der Waals surface area contributed by atoms with Crippen molar-refractivity contribution in [2.45, 2.75) is 90.4 Å². The lowest BCUT2D eigenvalue weighted by molar-refractivity contribution is -0.153. The largest absolute Gasteiger partial charge is 0.469 e. The number of hydrogen-bond donors (Lipinski definition) is 0. The van der Waals surface area contributed by atoms with Crippen LogP contribution in [0.5, 0.6) is 0 Å². The van der Waals surface area contributed by atoms with E-state index in [1.54, 1.807) is 0 Å². The van der Waals surface area contributed by atoms with E-state index in [9.17, 15) is 9.59 Å². The molecule has 1 aliphatic rings. The molecule has 0 heterocycles. The van der Waals surface area contributed by atoms with E-state index in [2.05, 4.69) is 6.92 Å². The van der Waals surface area contributed by atoms with Crippen LogP contribution in [0.2, 0.25) is 0 Å². The first-order chi connectivity index (χ1) is 11.7. The molecule has 0 radical (unpaired) electrons. The average Bonchev–Trinajstić information content (AvgIpc) is 2.62. The summed E-state index contributed by atoms with van der Waals surface area (Å²) in [5.74, 6) is -0.565. The number of unbranched alkanes of at least 4 members (excludes halogenated alkanes) is 8. The highest BCUT2D eigenvalue weighted by atomic mass is 16.5. The van der Waals surface area contributed by atoms with E-state index in [-0.39, 0.29) is 23.8 Å². The molecule has 0 aromatic rings. The van der Waals surface area contributed by atoms with Crippen molar-refractivity contribution < 1.29 is 19.1 Å². The molecule has 24 heavy (non-hydrogen) atoms. The number of methoxy groups -OCH3 is 1. The second-order valence-electron chi connectivity index (χ2n) is 7.08. The maximum absolute atomic E-state index is 12.1. The molecule has 1 fully saturated rings. The van der Waals surface area contributed by atoms with Crippen LogP contribution in [-0.2, 0) is 19.1 Å². The minimum atomic E-state index is -0.188. The summed E-state index contributed by atoms with van der Waals surface area (Å²) in [5, 5.41) is 0. The fourth-order valence-electron chi connectivity index (χ4n) is 3.49. The molecule has 2 atom stereocenters. The maximum Gasteiger partial charge on any atom is 0.308 e. The van der Waals surface area contributed by atoms with Crippen LogP contribution >= 0.6 is 0 Å². The van der Waals surface area contributed by atoms with Gasteiger partial charge in [0.05, 0.1) is 25.6 Å². The van der Waals surface area contributed by atoms with Gasteiger partial charge in [-0.3, -0.25) is 9.59 Å². The standard InChI is InChI=1S/C20H36O4/c1-3-4-5-6-7-8-9-10-11-15-24-20(22)18-14-12-13-17(16-18)19(21)23-2/h17-18H,3-16H2,1-2H3. The van der Waals surface area contributed by atoms with Crippen LogP contribution in [0.1, 0.15) is 90.4 Å². The van der Waals surface area contributed by atoms with Crippen molar-refractivity contribution in [3.8, 4) is 0 Å². The molecule has 1 saturated carbocycles. The molecule has 1 aliphatic carbocycles. The Morgan fingerprint density at radius 3 is 1.96 bits per heavy atom. The van der Waals surface area contributed by atoms with Crippen molar-refractivity contribution >= 4 is 11.9 Å². The van der Waals surface area contributed by atoms with Gasteiger partial charge >= 0.3 is 11.9 Å². The van der Waals surface area contributed by atoms with Gasteiger partial charge in [0.15, 0.2) is 0 Å². The lowest BCUT2D eigenvalue weighted by Crippen LogP contribution is -2.29. The van der Waals surface area contributed by atoms with Crippen LogP contribution in [-0.4, -0.2) is 25.7 Å². The Morgan fingerprint density at radius 2 is 1.38 bits per heavy atom.